The van der Waals surface area contributed by atoms with Gasteiger partial charge in [0.05, 0.1) is 12.4 Å². The molecule has 1 aliphatic rings. The molecule has 6 heteroatoms. The molecule has 0 amide bonds. The van der Waals surface area contributed by atoms with Gasteiger partial charge in [-0.2, -0.15) is 0 Å². The molecule has 1 aliphatic carbocycles. The topological polar surface area (TPSA) is 118 Å². The first kappa shape index (κ1) is 44.9. The summed E-state index contributed by atoms with van der Waals surface area (Å²) >= 11 is 0. The maximum atomic E-state index is 9.51. The highest BCUT2D eigenvalue weighted by molar-refractivity contribution is 5.95. The van der Waals surface area contributed by atoms with Crippen LogP contribution in [0.15, 0.2) is 101 Å². The fourth-order valence-electron chi connectivity index (χ4n) is 3.27. The molecule has 0 saturated heterocycles. The normalized spacial score (nSPS) is 15.3. The molecule has 0 radical (unpaired) electrons. The van der Waals surface area contributed by atoms with Crippen LogP contribution in [0.4, 0.5) is 0 Å². The predicted molar refractivity (Wildman–Crippen MR) is 185 cm³/mol. The number of nitrogens with zero attached hydrogens (tertiary/aromatic N) is 2. The second-order valence-corrected chi connectivity index (χ2v) is 7.64. The van der Waals surface area contributed by atoms with Gasteiger partial charge in [-0.25, -0.2) is 0 Å². The monoisotopic (exact) mass is 570 g/mol. The second kappa shape index (κ2) is 36.9. The van der Waals surface area contributed by atoms with Gasteiger partial charge >= 0.3 is 0 Å². The number of aliphatic imine (C=N–C) groups is 1. The summed E-state index contributed by atoms with van der Waals surface area (Å²) in [5.74, 6) is 0. The Labute approximate surface area is 253 Å². The minimum absolute atomic E-state index is 0.0496. The summed E-state index contributed by atoms with van der Waals surface area (Å²) in [6, 6.07) is 5.89. The van der Waals surface area contributed by atoms with Gasteiger partial charge in [0, 0.05) is 37.1 Å². The van der Waals surface area contributed by atoms with E-state index in [0.29, 0.717) is 0 Å². The average Bonchev–Trinajstić information content (AvgIpc) is 3.27. The van der Waals surface area contributed by atoms with Crippen molar-refractivity contribution < 1.29 is 10.2 Å². The molecule has 6 nitrogen and oxygen atoms in total. The lowest BCUT2D eigenvalue weighted by Crippen LogP contribution is -2.25. The molecule has 6 N–H and O–H groups in total. The molecule has 1 aromatic heterocycles. The Morgan fingerprint density at radius 2 is 1.71 bits per heavy atom. The second-order valence-electron chi connectivity index (χ2n) is 7.64. The Kier molecular flexibility index (Phi) is 40.5. The van der Waals surface area contributed by atoms with E-state index in [0.717, 1.165) is 55.3 Å². The van der Waals surface area contributed by atoms with E-state index in [-0.39, 0.29) is 12.1 Å². The van der Waals surface area contributed by atoms with Crippen LogP contribution in [-0.2, 0) is 6.42 Å². The summed E-state index contributed by atoms with van der Waals surface area (Å²) in [5.41, 5.74) is 15.0. The molecule has 0 aromatic carbocycles. The van der Waals surface area contributed by atoms with Crippen molar-refractivity contribution in [1.29, 1.82) is 0 Å². The Hall–Kier alpha value is -3.06. The number of pyridine rings is 1. The molecule has 234 valence electrons. The van der Waals surface area contributed by atoms with E-state index in [2.05, 4.69) is 21.8 Å². The van der Waals surface area contributed by atoms with Gasteiger partial charge in [-0.3, -0.25) is 9.98 Å². The van der Waals surface area contributed by atoms with E-state index in [9.17, 15) is 5.11 Å². The van der Waals surface area contributed by atoms with Crippen LogP contribution < -0.4 is 11.5 Å². The number of nitrogens with two attached hydrogens (primary N) is 2. The Morgan fingerprint density at radius 1 is 1.07 bits per heavy atom. The van der Waals surface area contributed by atoms with Gasteiger partial charge in [0.15, 0.2) is 0 Å². The lowest BCUT2D eigenvalue weighted by Gasteiger charge is -2.12. The first-order valence-corrected chi connectivity index (χ1v) is 15.0. The van der Waals surface area contributed by atoms with E-state index >= 15 is 0 Å². The number of hydrogen-bond donors (Lipinski definition) is 4. The zero-order valence-corrected chi connectivity index (χ0v) is 27.7. The zero-order chi connectivity index (χ0) is 32.3. The molecule has 1 aromatic rings. The molecule has 0 fully saturated rings. The van der Waals surface area contributed by atoms with E-state index in [1.807, 2.05) is 122 Å². The van der Waals surface area contributed by atoms with Crippen LogP contribution in [-0.4, -0.2) is 47.1 Å². The first-order valence-electron chi connectivity index (χ1n) is 15.0. The standard InChI is InChI=1S/C14H22N2O.C14H17NO.3C2H6.CH5N/c1-3-5-12(16-2)10-14(15)11-6-4-7-13(17)9-8-11;1-2-6-13(7-5-12-16)9-10-14-8-3-4-11-15-14;4*1-2/h3,5-6,8-9,13-14,17H,4,7,10,15H2,1-2H3;2-8,11-12,16H,9-10H2,1H3;3*1-2H3;2H2,1H3/b5-3-,16-12?;6-2-,12-5+,13-7+;;;;. The number of hydrogen-bond acceptors (Lipinski definition) is 6. The maximum absolute atomic E-state index is 9.51. The predicted octanol–water partition coefficient (Wildman–Crippen LogP) is 8.23. The zero-order valence-electron chi connectivity index (χ0n) is 27.7. The number of allylic oxidation sites excluding steroid dienone is 8. The smallest absolute Gasteiger partial charge is 0.0791 e. The van der Waals surface area contributed by atoms with Crippen molar-refractivity contribution in [2.75, 3.05) is 14.1 Å². The van der Waals surface area contributed by atoms with E-state index in [4.69, 9.17) is 10.8 Å². The van der Waals surface area contributed by atoms with Crippen molar-refractivity contribution in [2.24, 2.45) is 16.5 Å². The molecule has 41 heavy (non-hydrogen) atoms. The van der Waals surface area contributed by atoms with Crippen LogP contribution in [0.1, 0.15) is 86.8 Å². The molecule has 2 atom stereocenters. The summed E-state index contributed by atoms with van der Waals surface area (Å²) in [6.07, 6.45) is 24.1. The highest BCUT2D eigenvalue weighted by Crippen LogP contribution is 2.15. The minimum Gasteiger partial charge on any atom is -0.516 e. The van der Waals surface area contributed by atoms with Crippen LogP contribution in [0, 0.1) is 0 Å². The van der Waals surface area contributed by atoms with Crippen LogP contribution in [0.3, 0.4) is 0 Å². The number of aromatic nitrogens is 1. The molecular formula is C35H62N4O2. The summed E-state index contributed by atoms with van der Waals surface area (Å²) in [4.78, 5) is 8.47. The Morgan fingerprint density at radius 3 is 2.22 bits per heavy atom. The third-order valence-electron chi connectivity index (χ3n) is 5.03. The fraction of sp³-hybridized carbons (Fsp3) is 0.486. The molecular weight excluding hydrogens is 508 g/mol. The highest BCUT2D eigenvalue weighted by Gasteiger charge is 2.12. The number of aliphatic hydroxyl groups excluding tert-OH is 2. The maximum Gasteiger partial charge on any atom is 0.0791 e. The Balaban J connectivity index is -0.000000268. The van der Waals surface area contributed by atoms with Crippen molar-refractivity contribution >= 4 is 5.71 Å². The van der Waals surface area contributed by atoms with E-state index < -0.39 is 0 Å². The third-order valence-corrected chi connectivity index (χ3v) is 5.03. The van der Waals surface area contributed by atoms with Gasteiger partial charge in [-0.05, 0) is 82.0 Å². The SMILES string of the molecule is C/C=C\C(CC(N)C1=CCCC(O)C=C1)=NC.CC.CC.CC.CN.C\C=C/C(=C\C=C\O)CCc1ccccn1. The summed E-state index contributed by atoms with van der Waals surface area (Å²) in [6.45, 7) is 16.0. The Bertz CT molecular complexity index is 883. The van der Waals surface area contributed by atoms with Crippen molar-refractivity contribution in [3.63, 3.8) is 0 Å². The van der Waals surface area contributed by atoms with Crippen LogP contribution in [0.2, 0.25) is 0 Å². The third kappa shape index (κ3) is 26.9. The minimum atomic E-state index is -0.342. The van der Waals surface area contributed by atoms with Crippen LogP contribution in [0.25, 0.3) is 0 Å². The highest BCUT2D eigenvalue weighted by atomic mass is 16.3. The molecule has 0 spiro atoms. The van der Waals surface area contributed by atoms with E-state index in [1.54, 1.807) is 13.1 Å². The number of aliphatic hydroxyl groups is 2. The van der Waals surface area contributed by atoms with Gasteiger partial charge in [0.2, 0.25) is 0 Å². The van der Waals surface area contributed by atoms with Gasteiger partial charge in [-0.15, -0.1) is 0 Å². The average molecular weight is 571 g/mol. The van der Waals surface area contributed by atoms with Crippen molar-refractivity contribution in [2.45, 2.75) is 99.6 Å². The van der Waals surface area contributed by atoms with Gasteiger partial charge < -0.3 is 21.7 Å². The molecule has 2 rings (SSSR count). The fourth-order valence-corrected chi connectivity index (χ4v) is 3.27. The van der Waals surface area contributed by atoms with Gasteiger partial charge in [0.25, 0.3) is 0 Å². The molecule has 0 bridgehead atoms. The number of aryl methyl sites for hydroxylation is 1. The quantitative estimate of drug-likeness (QED) is 0.135. The van der Waals surface area contributed by atoms with Gasteiger partial charge in [-0.1, -0.05) is 90.1 Å². The van der Waals surface area contributed by atoms with Crippen molar-refractivity contribution in [1.82, 2.24) is 4.98 Å². The summed E-state index contributed by atoms with van der Waals surface area (Å²) in [7, 11) is 3.28. The van der Waals surface area contributed by atoms with E-state index in [1.165, 1.54) is 12.6 Å². The summed E-state index contributed by atoms with van der Waals surface area (Å²) in [5, 5.41) is 18.1. The van der Waals surface area contributed by atoms with Crippen molar-refractivity contribution in [3.8, 4) is 0 Å². The largest absolute Gasteiger partial charge is 0.516 e. The molecule has 2 unspecified atom stereocenters. The van der Waals surface area contributed by atoms with Crippen LogP contribution in [0.5, 0.6) is 0 Å². The molecule has 1 heterocycles. The first-order chi connectivity index (χ1) is 20.0. The molecule has 0 aliphatic heterocycles. The van der Waals surface area contributed by atoms with Crippen LogP contribution >= 0.6 is 0 Å². The van der Waals surface area contributed by atoms with Crippen molar-refractivity contribution in [3.05, 3.63) is 102 Å². The van der Waals surface area contributed by atoms with Gasteiger partial charge in [0.1, 0.15) is 0 Å². The molecule has 0 saturated carbocycles. The number of rotatable bonds is 9. The lowest BCUT2D eigenvalue weighted by atomic mass is 10.0. The lowest BCUT2D eigenvalue weighted by molar-refractivity contribution is 0.214. The summed E-state index contributed by atoms with van der Waals surface area (Å²) < 4.78 is 0.